The van der Waals surface area contributed by atoms with E-state index < -0.39 is 4.92 Å². The summed E-state index contributed by atoms with van der Waals surface area (Å²) in [6.07, 6.45) is 2.03. The molecule has 20 heavy (non-hydrogen) atoms. The molecule has 0 unspecified atom stereocenters. The molecule has 0 aliphatic rings. The molecule has 0 aliphatic carbocycles. The summed E-state index contributed by atoms with van der Waals surface area (Å²) >= 11 is 5.77. The van der Waals surface area contributed by atoms with Gasteiger partial charge in [-0.1, -0.05) is 11.6 Å². The van der Waals surface area contributed by atoms with Crippen molar-refractivity contribution in [2.24, 2.45) is 0 Å². The van der Waals surface area contributed by atoms with Crippen LogP contribution in [-0.4, -0.2) is 36.0 Å². The van der Waals surface area contributed by atoms with Crippen LogP contribution in [0.4, 0.5) is 11.4 Å². The molecule has 0 bridgehead atoms. The molecule has 1 aromatic rings. The minimum absolute atomic E-state index is 0.0248. The highest BCUT2D eigenvalue weighted by Gasteiger charge is 2.13. The summed E-state index contributed by atoms with van der Waals surface area (Å²) in [5.41, 5.74) is 0.549. The minimum atomic E-state index is -0.416. The van der Waals surface area contributed by atoms with Crippen LogP contribution in [0.5, 0.6) is 0 Å². The zero-order chi connectivity index (χ0) is 15.1. The maximum atomic E-state index is 10.9. The number of benzene rings is 1. The third-order valence-corrected chi connectivity index (χ3v) is 3.53. The molecule has 1 N–H and O–H groups in total. The summed E-state index contributed by atoms with van der Waals surface area (Å²) in [5, 5.41) is 14.4. The van der Waals surface area contributed by atoms with Crippen LogP contribution < -0.4 is 5.32 Å². The number of halogens is 1. The molecule has 112 valence electrons. The molecule has 0 radical (unpaired) electrons. The average Bonchev–Trinajstić information content (AvgIpc) is 2.39. The lowest BCUT2D eigenvalue weighted by Gasteiger charge is -2.20. The second-order valence-electron chi connectivity index (χ2n) is 5.13. The molecule has 0 fully saturated rings. The van der Waals surface area contributed by atoms with E-state index in [9.17, 15) is 10.1 Å². The van der Waals surface area contributed by atoms with Gasteiger partial charge >= 0.3 is 0 Å². The van der Waals surface area contributed by atoms with Crippen LogP contribution in [0.25, 0.3) is 0 Å². The fourth-order valence-electron chi connectivity index (χ4n) is 1.77. The Balaban J connectivity index is 2.41. The average molecular weight is 300 g/mol. The first-order valence-electron chi connectivity index (χ1n) is 6.80. The van der Waals surface area contributed by atoms with Gasteiger partial charge in [0.1, 0.15) is 5.69 Å². The van der Waals surface area contributed by atoms with Gasteiger partial charge in [-0.05, 0) is 52.4 Å². The molecule has 0 aromatic heterocycles. The number of nitrogens with one attached hydrogen (secondary N) is 1. The predicted molar refractivity (Wildman–Crippen MR) is 83.6 cm³/mol. The second-order valence-corrected chi connectivity index (χ2v) is 5.56. The van der Waals surface area contributed by atoms with Gasteiger partial charge in [-0.2, -0.15) is 0 Å². The number of nitrogens with zero attached hydrogens (tertiary/aromatic N) is 2. The van der Waals surface area contributed by atoms with Gasteiger partial charge in [-0.15, -0.1) is 0 Å². The summed E-state index contributed by atoms with van der Waals surface area (Å²) in [5.74, 6) is 0. The van der Waals surface area contributed by atoms with Crippen LogP contribution in [0.3, 0.4) is 0 Å². The first kappa shape index (κ1) is 16.7. The van der Waals surface area contributed by atoms with Crippen molar-refractivity contribution in [2.75, 3.05) is 25.5 Å². The van der Waals surface area contributed by atoms with Crippen molar-refractivity contribution in [2.45, 2.75) is 32.7 Å². The van der Waals surface area contributed by atoms with E-state index >= 15 is 0 Å². The van der Waals surface area contributed by atoms with Crippen LogP contribution in [0.2, 0.25) is 5.02 Å². The Hall–Kier alpha value is -1.33. The first-order chi connectivity index (χ1) is 9.41. The Labute approximate surface area is 125 Å². The Morgan fingerprint density at radius 2 is 2.10 bits per heavy atom. The summed E-state index contributed by atoms with van der Waals surface area (Å²) in [6.45, 7) is 6.07. The van der Waals surface area contributed by atoms with Crippen LogP contribution >= 0.6 is 11.6 Å². The molecule has 5 nitrogen and oxygen atoms in total. The first-order valence-corrected chi connectivity index (χ1v) is 7.17. The lowest BCUT2D eigenvalue weighted by Crippen LogP contribution is -2.27. The Bertz CT molecular complexity index is 452. The quantitative estimate of drug-likeness (QED) is 0.451. The van der Waals surface area contributed by atoms with E-state index in [1.807, 2.05) is 0 Å². The van der Waals surface area contributed by atoms with E-state index in [0.717, 1.165) is 19.4 Å². The number of nitro benzene ring substituents is 1. The van der Waals surface area contributed by atoms with Gasteiger partial charge in [0, 0.05) is 23.7 Å². The van der Waals surface area contributed by atoms with Crippen LogP contribution in [0.15, 0.2) is 18.2 Å². The number of nitro groups is 1. The molecule has 1 aromatic carbocycles. The van der Waals surface area contributed by atoms with Crippen molar-refractivity contribution < 1.29 is 4.92 Å². The van der Waals surface area contributed by atoms with Crippen molar-refractivity contribution in [3.63, 3.8) is 0 Å². The Morgan fingerprint density at radius 1 is 1.40 bits per heavy atom. The van der Waals surface area contributed by atoms with Gasteiger partial charge in [-0.25, -0.2) is 0 Å². The van der Waals surface area contributed by atoms with Gasteiger partial charge < -0.3 is 10.2 Å². The zero-order valence-electron chi connectivity index (χ0n) is 12.2. The van der Waals surface area contributed by atoms with Crippen molar-refractivity contribution in [3.8, 4) is 0 Å². The van der Waals surface area contributed by atoms with E-state index in [0.29, 0.717) is 23.3 Å². The standard InChI is InChI=1S/C14H22ClN3O2/c1-11(2)17(3)9-5-4-8-16-13-7-6-12(15)10-14(13)18(19)20/h6-7,10-11,16H,4-5,8-9H2,1-3H3. The molecule has 0 amide bonds. The molecule has 0 aliphatic heterocycles. The SMILES string of the molecule is CC(C)N(C)CCCCNc1ccc(Cl)cc1[N+](=O)[O-]. The smallest absolute Gasteiger partial charge is 0.293 e. The fraction of sp³-hybridized carbons (Fsp3) is 0.571. The van der Waals surface area contributed by atoms with E-state index in [1.165, 1.54) is 6.07 Å². The summed E-state index contributed by atoms with van der Waals surface area (Å²) < 4.78 is 0. The van der Waals surface area contributed by atoms with Gasteiger partial charge in [0.2, 0.25) is 0 Å². The number of hydrogen-bond donors (Lipinski definition) is 1. The molecule has 6 heteroatoms. The number of anilines is 1. The van der Waals surface area contributed by atoms with E-state index in [4.69, 9.17) is 11.6 Å². The van der Waals surface area contributed by atoms with Crippen molar-refractivity contribution in [1.82, 2.24) is 4.90 Å². The minimum Gasteiger partial charge on any atom is -0.379 e. The normalized spacial score (nSPS) is 11.1. The van der Waals surface area contributed by atoms with Gasteiger partial charge in [-0.3, -0.25) is 10.1 Å². The lowest BCUT2D eigenvalue weighted by molar-refractivity contribution is -0.383. The van der Waals surface area contributed by atoms with Crippen LogP contribution in [0, 0.1) is 10.1 Å². The van der Waals surface area contributed by atoms with Crippen molar-refractivity contribution >= 4 is 23.0 Å². The van der Waals surface area contributed by atoms with E-state index in [1.54, 1.807) is 12.1 Å². The highest BCUT2D eigenvalue weighted by molar-refractivity contribution is 6.30. The number of unbranched alkanes of at least 4 members (excludes halogenated alkanes) is 1. The van der Waals surface area contributed by atoms with Crippen LogP contribution in [0.1, 0.15) is 26.7 Å². The highest BCUT2D eigenvalue weighted by atomic mass is 35.5. The molecule has 1 rings (SSSR count). The predicted octanol–water partition coefficient (Wildman–Crippen LogP) is 3.78. The van der Waals surface area contributed by atoms with E-state index in [-0.39, 0.29) is 5.69 Å². The number of rotatable bonds is 8. The molecule has 0 atom stereocenters. The monoisotopic (exact) mass is 299 g/mol. The van der Waals surface area contributed by atoms with E-state index in [2.05, 4.69) is 31.1 Å². The fourth-order valence-corrected chi connectivity index (χ4v) is 1.94. The summed E-state index contributed by atoms with van der Waals surface area (Å²) in [6, 6.07) is 5.22. The molecule has 0 heterocycles. The van der Waals surface area contributed by atoms with Crippen molar-refractivity contribution in [3.05, 3.63) is 33.3 Å². The third kappa shape index (κ3) is 5.35. The Kier molecular flexibility index (Phi) is 6.75. The maximum Gasteiger partial charge on any atom is 0.293 e. The lowest BCUT2D eigenvalue weighted by atomic mass is 10.2. The molecule has 0 spiro atoms. The summed E-state index contributed by atoms with van der Waals surface area (Å²) in [7, 11) is 2.10. The number of hydrogen-bond acceptors (Lipinski definition) is 4. The van der Waals surface area contributed by atoms with Crippen LogP contribution in [-0.2, 0) is 0 Å². The maximum absolute atomic E-state index is 10.9. The molecule has 0 saturated carbocycles. The highest BCUT2D eigenvalue weighted by Crippen LogP contribution is 2.27. The summed E-state index contributed by atoms with van der Waals surface area (Å²) in [4.78, 5) is 12.8. The largest absolute Gasteiger partial charge is 0.379 e. The zero-order valence-corrected chi connectivity index (χ0v) is 13.0. The topological polar surface area (TPSA) is 58.4 Å². The van der Waals surface area contributed by atoms with Gasteiger partial charge in [0.25, 0.3) is 5.69 Å². The molecular weight excluding hydrogens is 278 g/mol. The second kappa shape index (κ2) is 8.07. The third-order valence-electron chi connectivity index (χ3n) is 3.29. The Morgan fingerprint density at radius 3 is 2.70 bits per heavy atom. The van der Waals surface area contributed by atoms with Crippen molar-refractivity contribution in [1.29, 1.82) is 0 Å². The van der Waals surface area contributed by atoms with Gasteiger partial charge in [0.15, 0.2) is 0 Å². The van der Waals surface area contributed by atoms with Gasteiger partial charge in [0.05, 0.1) is 4.92 Å². The molecular formula is C14H22ClN3O2. The molecule has 0 saturated heterocycles.